The van der Waals surface area contributed by atoms with Gasteiger partial charge in [-0.2, -0.15) is 0 Å². The van der Waals surface area contributed by atoms with E-state index in [1.54, 1.807) is 0 Å². The van der Waals surface area contributed by atoms with Gasteiger partial charge in [0.25, 0.3) is 0 Å². The van der Waals surface area contributed by atoms with Gasteiger partial charge >= 0.3 is 0 Å². The van der Waals surface area contributed by atoms with E-state index in [1.807, 2.05) is 0 Å². The van der Waals surface area contributed by atoms with Gasteiger partial charge in [0.1, 0.15) is 0 Å². The SMILES string of the molecule is CCCCOCCOCC(O)CNC1CCC(C)(C)C1. The van der Waals surface area contributed by atoms with Crippen LogP contribution in [0.4, 0.5) is 0 Å². The van der Waals surface area contributed by atoms with Gasteiger partial charge in [0.05, 0.1) is 25.9 Å². The lowest BCUT2D eigenvalue weighted by Crippen LogP contribution is -2.36. The zero-order valence-corrected chi connectivity index (χ0v) is 13.5. The maximum atomic E-state index is 9.85. The van der Waals surface area contributed by atoms with Gasteiger partial charge in [0.15, 0.2) is 0 Å². The van der Waals surface area contributed by atoms with Gasteiger partial charge in [-0.3, -0.25) is 0 Å². The largest absolute Gasteiger partial charge is 0.389 e. The van der Waals surface area contributed by atoms with Crippen LogP contribution in [0.15, 0.2) is 0 Å². The van der Waals surface area contributed by atoms with Crippen LogP contribution in [0.25, 0.3) is 0 Å². The summed E-state index contributed by atoms with van der Waals surface area (Å²) in [6.07, 6.45) is 5.52. The number of ether oxygens (including phenoxy) is 2. The molecular weight excluding hydrogens is 254 g/mol. The molecule has 2 N–H and O–H groups in total. The molecule has 4 nitrogen and oxygen atoms in total. The zero-order chi connectivity index (χ0) is 14.8. The van der Waals surface area contributed by atoms with Crippen LogP contribution in [0.3, 0.4) is 0 Å². The highest BCUT2D eigenvalue weighted by Gasteiger charge is 2.30. The monoisotopic (exact) mass is 287 g/mol. The second kappa shape index (κ2) is 9.72. The Labute approximate surface area is 124 Å². The van der Waals surface area contributed by atoms with Gasteiger partial charge in [-0.15, -0.1) is 0 Å². The molecule has 0 spiro atoms. The number of hydrogen-bond donors (Lipinski definition) is 2. The van der Waals surface area contributed by atoms with Gasteiger partial charge in [0.2, 0.25) is 0 Å². The third-order valence-corrected chi connectivity index (χ3v) is 3.94. The second-order valence-corrected chi connectivity index (χ2v) is 6.71. The van der Waals surface area contributed by atoms with E-state index in [0.717, 1.165) is 19.4 Å². The Morgan fingerprint density at radius 1 is 1.25 bits per heavy atom. The molecule has 1 rings (SSSR count). The molecule has 120 valence electrons. The van der Waals surface area contributed by atoms with Crippen molar-refractivity contribution in [2.75, 3.05) is 33.0 Å². The Morgan fingerprint density at radius 2 is 2.00 bits per heavy atom. The Bertz CT molecular complexity index is 246. The minimum atomic E-state index is -0.422. The van der Waals surface area contributed by atoms with Crippen LogP contribution in [0.2, 0.25) is 0 Å². The van der Waals surface area contributed by atoms with E-state index in [9.17, 15) is 5.11 Å². The highest BCUT2D eigenvalue weighted by Crippen LogP contribution is 2.36. The van der Waals surface area contributed by atoms with Crippen molar-refractivity contribution in [2.45, 2.75) is 65.0 Å². The summed E-state index contributed by atoms with van der Waals surface area (Å²) >= 11 is 0. The summed E-state index contributed by atoms with van der Waals surface area (Å²) in [7, 11) is 0. The third kappa shape index (κ3) is 8.20. The molecule has 20 heavy (non-hydrogen) atoms. The molecule has 0 aliphatic heterocycles. The van der Waals surface area contributed by atoms with Crippen LogP contribution in [0.5, 0.6) is 0 Å². The number of hydrogen-bond acceptors (Lipinski definition) is 4. The van der Waals surface area contributed by atoms with Crippen LogP contribution in [0.1, 0.15) is 52.9 Å². The Balaban J connectivity index is 1.92. The van der Waals surface area contributed by atoms with Gasteiger partial charge in [-0.25, -0.2) is 0 Å². The summed E-state index contributed by atoms with van der Waals surface area (Å²) in [6.45, 7) is 9.78. The summed E-state index contributed by atoms with van der Waals surface area (Å²) in [6, 6.07) is 0.553. The first-order valence-corrected chi connectivity index (χ1v) is 8.10. The smallest absolute Gasteiger partial charge is 0.0897 e. The fourth-order valence-corrected chi connectivity index (χ4v) is 2.66. The van der Waals surface area contributed by atoms with Gasteiger partial charge in [-0.1, -0.05) is 27.2 Å². The lowest BCUT2D eigenvalue weighted by Gasteiger charge is -2.19. The predicted octanol–water partition coefficient (Wildman–Crippen LogP) is 2.35. The van der Waals surface area contributed by atoms with E-state index in [2.05, 4.69) is 26.1 Å². The average Bonchev–Trinajstić information content (AvgIpc) is 2.75. The molecule has 0 aromatic heterocycles. The second-order valence-electron chi connectivity index (χ2n) is 6.71. The maximum Gasteiger partial charge on any atom is 0.0897 e. The normalized spacial score (nSPS) is 23.1. The van der Waals surface area contributed by atoms with Crippen molar-refractivity contribution in [3.05, 3.63) is 0 Å². The molecule has 4 heteroatoms. The van der Waals surface area contributed by atoms with Crippen molar-refractivity contribution in [1.82, 2.24) is 5.32 Å². The lowest BCUT2D eigenvalue weighted by molar-refractivity contribution is 0.00318. The first-order chi connectivity index (χ1) is 9.53. The lowest BCUT2D eigenvalue weighted by atomic mass is 9.92. The van der Waals surface area contributed by atoms with Crippen molar-refractivity contribution >= 4 is 0 Å². The van der Waals surface area contributed by atoms with E-state index in [-0.39, 0.29) is 0 Å². The molecule has 0 bridgehead atoms. The summed E-state index contributed by atoms with van der Waals surface area (Å²) in [5.74, 6) is 0. The van der Waals surface area contributed by atoms with E-state index in [1.165, 1.54) is 19.3 Å². The van der Waals surface area contributed by atoms with Gasteiger partial charge in [0, 0.05) is 19.2 Å². The highest BCUT2D eigenvalue weighted by atomic mass is 16.5. The molecule has 2 atom stereocenters. The number of aliphatic hydroxyl groups excluding tert-OH is 1. The molecule has 1 aliphatic carbocycles. The van der Waals surface area contributed by atoms with Crippen molar-refractivity contribution in [2.24, 2.45) is 5.41 Å². The molecule has 2 unspecified atom stereocenters. The molecule has 0 radical (unpaired) electrons. The van der Waals surface area contributed by atoms with Crippen LogP contribution < -0.4 is 5.32 Å². The Hall–Kier alpha value is -0.160. The van der Waals surface area contributed by atoms with E-state index in [4.69, 9.17) is 9.47 Å². The first kappa shape index (κ1) is 17.9. The van der Waals surface area contributed by atoms with Crippen LogP contribution in [0, 0.1) is 5.41 Å². The van der Waals surface area contributed by atoms with Gasteiger partial charge < -0.3 is 19.9 Å². The van der Waals surface area contributed by atoms with Crippen LogP contribution in [-0.2, 0) is 9.47 Å². The molecule has 1 aliphatic rings. The van der Waals surface area contributed by atoms with Crippen LogP contribution >= 0.6 is 0 Å². The number of unbranched alkanes of at least 4 members (excludes halogenated alkanes) is 1. The van der Waals surface area contributed by atoms with Gasteiger partial charge in [-0.05, 0) is 31.1 Å². The summed E-state index contributed by atoms with van der Waals surface area (Å²) in [5, 5.41) is 13.3. The summed E-state index contributed by atoms with van der Waals surface area (Å²) in [5.41, 5.74) is 0.453. The number of aliphatic hydroxyl groups is 1. The van der Waals surface area contributed by atoms with E-state index >= 15 is 0 Å². The molecule has 0 aromatic rings. The number of nitrogens with one attached hydrogen (secondary N) is 1. The molecular formula is C16H33NO3. The summed E-state index contributed by atoms with van der Waals surface area (Å²) in [4.78, 5) is 0. The molecule has 1 fully saturated rings. The van der Waals surface area contributed by atoms with Crippen LogP contribution in [-0.4, -0.2) is 50.2 Å². The third-order valence-electron chi connectivity index (χ3n) is 3.94. The summed E-state index contributed by atoms with van der Waals surface area (Å²) < 4.78 is 10.8. The van der Waals surface area contributed by atoms with Crippen molar-refractivity contribution in [1.29, 1.82) is 0 Å². The fraction of sp³-hybridized carbons (Fsp3) is 1.00. The topological polar surface area (TPSA) is 50.7 Å². The minimum Gasteiger partial charge on any atom is -0.389 e. The van der Waals surface area contributed by atoms with E-state index in [0.29, 0.717) is 37.8 Å². The number of rotatable bonds is 11. The Morgan fingerprint density at radius 3 is 2.65 bits per heavy atom. The van der Waals surface area contributed by atoms with Crippen molar-refractivity contribution in [3.63, 3.8) is 0 Å². The minimum absolute atomic E-state index is 0.389. The standard InChI is InChI=1S/C16H33NO3/c1-4-5-8-19-9-10-20-13-15(18)12-17-14-6-7-16(2,3)11-14/h14-15,17-18H,4-13H2,1-3H3. The van der Waals surface area contributed by atoms with Crippen molar-refractivity contribution < 1.29 is 14.6 Å². The average molecular weight is 287 g/mol. The quantitative estimate of drug-likeness (QED) is 0.573. The van der Waals surface area contributed by atoms with Crippen molar-refractivity contribution in [3.8, 4) is 0 Å². The zero-order valence-electron chi connectivity index (χ0n) is 13.5. The highest BCUT2D eigenvalue weighted by molar-refractivity contribution is 4.86. The molecule has 0 heterocycles. The molecule has 0 saturated heterocycles. The molecule has 0 aromatic carbocycles. The van der Waals surface area contributed by atoms with E-state index < -0.39 is 6.10 Å². The maximum absolute atomic E-state index is 9.85. The molecule has 0 amide bonds. The first-order valence-electron chi connectivity index (χ1n) is 8.10. The Kier molecular flexibility index (Phi) is 8.69. The predicted molar refractivity (Wildman–Crippen MR) is 82.0 cm³/mol. The molecule has 1 saturated carbocycles. The fourth-order valence-electron chi connectivity index (χ4n) is 2.66.